The van der Waals surface area contributed by atoms with Gasteiger partial charge < -0.3 is 9.30 Å². The maximum Gasteiger partial charge on any atom is 0.268 e. The largest absolute Gasteiger partial charge is 0.487 e. The summed E-state index contributed by atoms with van der Waals surface area (Å²) in [7, 11) is 1.70. The third kappa shape index (κ3) is 2.77. The van der Waals surface area contributed by atoms with E-state index in [-0.39, 0.29) is 5.56 Å². The Balaban J connectivity index is 2.15. The van der Waals surface area contributed by atoms with Crippen LogP contribution in [0.1, 0.15) is 5.56 Å². The summed E-state index contributed by atoms with van der Waals surface area (Å²) in [4.78, 5) is 11.6. The van der Waals surface area contributed by atoms with Crippen LogP contribution in [-0.4, -0.2) is 4.57 Å². The molecule has 0 atom stereocenters. The first-order valence-electron chi connectivity index (χ1n) is 5.20. The molecule has 2 aromatic rings. The molecule has 0 aliphatic rings. The van der Waals surface area contributed by atoms with Crippen LogP contribution >= 0.6 is 15.9 Å². The third-order valence-corrected chi connectivity index (χ3v) is 3.14. The highest BCUT2D eigenvalue weighted by Gasteiger charge is 2.06. The first kappa shape index (κ1) is 11.9. The number of halogens is 1. The third-order valence-electron chi connectivity index (χ3n) is 2.41. The van der Waals surface area contributed by atoms with Crippen LogP contribution in [-0.2, 0) is 13.7 Å². The minimum absolute atomic E-state index is 0.101. The molecule has 0 bridgehead atoms. The van der Waals surface area contributed by atoms with Gasteiger partial charge in [-0.25, -0.2) is 0 Å². The lowest BCUT2D eigenvalue weighted by Crippen LogP contribution is -2.17. The van der Waals surface area contributed by atoms with Gasteiger partial charge >= 0.3 is 0 Å². The van der Waals surface area contributed by atoms with E-state index in [2.05, 4.69) is 15.9 Å². The first-order chi connectivity index (χ1) is 8.18. The highest BCUT2D eigenvalue weighted by Crippen LogP contribution is 2.20. The molecule has 3 nitrogen and oxygen atoms in total. The van der Waals surface area contributed by atoms with Crippen molar-refractivity contribution in [1.29, 1.82) is 0 Å². The maximum atomic E-state index is 11.6. The van der Waals surface area contributed by atoms with Gasteiger partial charge in [-0.15, -0.1) is 0 Å². The molecule has 0 radical (unpaired) electrons. The molecule has 0 saturated heterocycles. The average molecular weight is 294 g/mol. The second-order valence-corrected chi connectivity index (χ2v) is 4.48. The van der Waals surface area contributed by atoms with Crippen molar-refractivity contribution in [3.63, 3.8) is 0 Å². The standard InChI is InChI=1S/C13H12BrNO2/c1-15-8-7-11(12(14)13(15)16)17-9-10-5-3-2-4-6-10/h2-8H,9H2,1H3. The van der Waals surface area contributed by atoms with Gasteiger partial charge in [-0.2, -0.15) is 0 Å². The zero-order chi connectivity index (χ0) is 12.3. The molecule has 17 heavy (non-hydrogen) atoms. The molecule has 1 heterocycles. The molecule has 0 fully saturated rings. The lowest BCUT2D eigenvalue weighted by atomic mass is 10.2. The average Bonchev–Trinajstić information content (AvgIpc) is 2.36. The number of aromatic nitrogens is 1. The fraction of sp³-hybridized carbons (Fsp3) is 0.154. The van der Waals surface area contributed by atoms with Crippen LogP contribution in [0.5, 0.6) is 5.75 Å². The van der Waals surface area contributed by atoms with Crippen molar-refractivity contribution in [2.45, 2.75) is 6.61 Å². The van der Waals surface area contributed by atoms with Crippen molar-refractivity contribution in [3.8, 4) is 5.75 Å². The fourth-order valence-electron chi connectivity index (χ4n) is 1.43. The SMILES string of the molecule is Cn1ccc(OCc2ccccc2)c(Br)c1=O. The second-order valence-electron chi connectivity index (χ2n) is 3.68. The molecule has 4 heteroatoms. The van der Waals surface area contributed by atoms with E-state index in [1.165, 1.54) is 4.57 Å². The van der Waals surface area contributed by atoms with E-state index < -0.39 is 0 Å². The first-order valence-corrected chi connectivity index (χ1v) is 5.99. The van der Waals surface area contributed by atoms with E-state index in [0.717, 1.165) is 5.56 Å². The zero-order valence-corrected chi connectivity index (χ0v) is 11.0. The van der Waals surface area contributed by atoms with E-state index in [9.17, 15) is 4.79 Å². The number of pyridine rings is 1. The lowest BCUT2D eigenvalue weighted by molar-refractivity contribution is 0.303. The van der Waals surface area contributed by atoms with E-state index >= 15 is 0 Å². The Bertz CT molecular complexity index is 563. The van der Waals surface area contributed by atoms with E-state index in [1.54, 1.807) is 19.3 Å². The highest BCUT2D eigenvalue weighted by atomic mass is 79.9. The van der Waals surface area contributed by atoms with Gasteiger partial charge in [0.25, 0.3) is 5.56 Å². The van der Waals surface area contributed by atoms with Crippen molar-refractivity contribution in [1.82, 2.24) is 4.57 Å². The minimum atomic E-state index is -0.101. The summed E-state index contributed by atoms with van der Waals surface area (Å²) in [6.45, 7) is 0.451. The Hall–Kier alpha value is -1.55. The molecular formula is C13H12BrNO2. The lowest BCUT2D eigenvalue weighted by Gasteiger charge is -2.08. The molecule has 0 aliphatic carbocycles. The van der Waals surface area contributed by atoms with Gasteiger partial charge in [0.05, 0.1) is 0 Å². The van der Waals surface area contributed by atoms with Crippen LogP contribution in [0.2, 0.25) is 0 Å². The molecule has 0 aliphatic heterocycles. The van der Waals surface area contributed by atoms with Crippen LogP contribution in [0, 0.1) is 0 Å². The van der Waals surface area contributed by atoms with Gasteiger partial charge in [0, 0.05) is 13.2 Å². The van der Waals surface area contributed by atoms with Crippen molar-refractivity contribution in [3.05, 3.63) is 63.0 Å². The molecule has 88 valence electrons. The van der Waals surface area contributed by atoms with Crippen molar-refractivity contribution in [2.24, 2.45) is 7.05 Å². The Kier molecular flexibility index (Phi) is 3.64. The topological polar surface area (TPSA) is 31.2 Å². The quantitative estimate of drug-likeness (QED) is 0.871. The van der Waals surface area contributed by atoms with Gasteiger partial charge in [0.15, 0.2) is 0 Å². The number of aryl methyl sites for hydroxylation is 1. The summed E-state index contributed by atoms with van der Waals surface area (Å²) < 4.78 is 7.55. The number of ether oxygens (including phenoxy) is 1. The summed E-state index contributed by atoms with van der Waals surface area (Å²) in [5.74, 6) is 0.567. The van der Waals surface area contributed by atoms with Crippen LogP contribution < -0.4 is 10.3 Å². The van der Waals surface area contributed by atoms with Gasteiger partial charge in [0.2, 0.25) is 0 Å². The van der Waals surface area contributed by atoms with E-state index in [4.69, 9.17) is 4.74 Å². The summed E-state index contributed by atoms with van der Waals surface area (Å²) in [6.07, 6.45) is 1.69. The molecule has 2 rings (SSSR count). The number of benzene rings is 1. The molecule has 0 spiro atoms. The smallest absolute Gasteiger partial charge is 0.268 e. The minimum Gasteiger partial charge on any atom is -0.487 e. The van der Waals surface area contributed by atoms with Crippen LogP contribution in [0.25, 0.3) is 0 Å². The molecule has 0 saturated carbocycles. The number of hydrogen-bond donors (Lipinski definition) is 0. The molecule has 1 aromatic heterocycles. The van der Waals surface area contributed by atoms with E-state index in [0.29, 0.717) is 16.8 Å². The predicted octanol–water partition coefficient (Wildman–Crippen LogP) is 2.73. The fourth-order valence-corrected chi connectivity index (χ4v) is 1.95. The van der Waals surface area contributed by atoms with Crippen molar-refractivity contribution in [2.75, 3.05) is 0 Å². The Labute approximate surface area is 108 Å². The Morgan fingerprint density at radius 3 is 2.65 bits per heavy atom. The second kappa shape index (κ2) is 5.19. The molecule has 0 unspecified atom stereocenters. The van der Waals surface area contributed by atoms with Gasteiger partial charge in [-0.3, -0.25) is 4.79 Å². The molecule has 0 N–H and O–H groups in total. The molecule has 1 aromatic carbocycles. The van der Waals surface area contributed by atoms with Crippen molar-refractivity contribution < 1.29 is 4.74 Å². The van der Waals surface area contributed by atoms with Crippen LogP contribution in [0.15, 0.2) is 51.9 Å². The monoisotopic (exact) mass is 293 g/mol. The molecule has 0 amide bonds. The zero-order valence-electron chi connectivity index (χ0n) is 9.39. The maximum absolute atomic E-state index is 11.6. The summed E-state index contributed by atoms with van der Waals surface area (Å²) in [5.41, 5.74) is 0.968. The number of hydrogen-bond acceptors (Lipinski definition) is 2. The van der Waals surface area contributed by atoms with Crippen LogP contribution in [0.3, 0.4) is 0 Å². The summed E-state index contributed by atoms with van der Waals surface area (Å²) >= 11 is 3.25. The van der Waals surface area contributed by atoms with Gasteiger partial charge in [0.1, 0.15) is 16.8 Å². The summed E-state index contributed by atoms with van der Waals surface area (Å²) in [6, 6.07) is 11.6. The Morgan fingerprint density at radius 1 is 1.24 bits per heavy atom. The predicted molar refractivity (Wildman–Crippen MR) is 70.2 cm³/mol. The highest BCUT2D eigenvalue weighted by molar-refractivity contribution is 9.10. The summed E-state index contributed by atoms with van der Waals surface area (Å²) in [5, 5.41) is 0. The van der Waals surface area contributed by atoms with Crippen molar-refractivity contribution >= 4 is 15.9 Å². The van der Waals surface area contributed by atoms with Gasteiger partial charge in [-0.1, -0.05) is 30.3 Å². The number of rotatable bonds is 3. The Morgan fingerprint density at radius 2 is 1.94 bits per heavy atom. The molecular weight excluding hydrogens is 282 g/mol. The van der Waals surface area contributed by atoms with Crippen LogP contribution in [0.4, 0.5) is 0 Å². The number of nitrogens with zero attached hydrogens (tertiary/aromatic N) is 1. The van der Waals surface area contributed by atoms with Gasteiger partial charge in [-0.05, 0) is 27.6 Å². The normalized spacial score (nSPS) is 10.2. The van der Waals surface area contributed by atoms with E-state index in [1.807, 2.05) is 30.3 Å².